The number of carboxylic acid groups (broad SMARTS) is 1. The number of aliphatic hydroxyl groups is 1. The third-order valence-electron chi connectivity index (χ3n) is 10.3. The molecule has 1 saturated carbocycles. The highest BCUT2D eigenvalue weighted by Gasteiger charge is 2.72. The fourth-order valence-electron chi connectivity index (χ4n) is 8.06. The molecule has 0 radical (unpaired) electrons. The molecule has 13 nitrogen and oxygen atoms in total. The van der Waals surface area contributed by atoms with Crippen molar-refractivity contribution in [3.8, 4) is 11.5 Å². The van der Waals surface area contributed by atoms with Crippen LogP contribution in [0.2, 0.25) is 0 Å². The van der Waals surface area contributed by atoms with Crippen molar-refractivity contribution < 1.29 is 62.6 Å². The zero-order valence-corrected chi connectivity index (χ0v) is 27.5. The van der Waals surface area contributed by atoms with Crippen LogP contribution in [0.5, 0.6) is 11.5 Å². The quantitative estimate of drug-likeness (QED) is 0.261. The maximum absolute atomic E-state index is 13.4. The van der Waals surface area contributed by atoms with Crippen LogP contribution in [0, 0.1) is 11.8 Å². The number of esters is 4. The van der Waals surface area contributed by atoms with Gasteiger partial charge in [-0.1, -0.05) is 43.3 Å². The summed E-state index contributed by atoms with van der Waals surface area (Å²) in [7, 11) is 1.53. The van der Waals surface area contributed by atoms with E-state index in [4.69, 9.17) is 28.4 Å². The molecule has 2 aromatic carbocycles. The third-order valence-corrected chi connectivity index (χ3v) is 10.3. The number of benzene rings is 2. The van der Waals surface area contributed by atoms with Crippen molar-refractivity contribution in [1.29, 1.82) is 0 Å². The third kappa shape index (κ3) is 5.69. The topological polar surface area (TPSA) is 181 Å². The van der Waals surface area contributed by atoms with Gasteiger partial charge in [0.25, 0.3) is 0 Å². The SMILES string of the molecule is COc1ccc2c3c1O[C@H]1C(OC(=O)C[C@H](OC(C)=O)C(=O)O[C@@H](C)C(=O)O[C@H](C(=O)O)c4ccccc4)=CC[C@@]4(O)[C@@H](C2)C(C)CC[C@]314. The van der Waals surface area contributed by atoms with Crippen LogP contribution in [-0.4, -0.2) is 71.1 Å². The number of aliphatic carboxylic acids is 1. The Hall–Kier alpha value is -4.91. The zero-order chi connectivity index (χ0) is 35.2. The highest BCUT2D eigenvalue weighted by molar-refractivity contribution is 5.87. The van der Waals surface area contributed by atoms with Crippen molar-refractivity contribution in [3.63, 3.8) is 0 Å². The molecule has 2 aromatic rings. The summed E-state index contributed by atoms with van der Waals surface area (Å²) >= 11 is 0. The highest BCUT2D eigenvalue weighted by atomic mass is 16.6. The molecule has 0 aromatic heterocycles. The van der Waals surface area contributed by atoms with E-state index in [0.717, 1.165) is 31.4 Å². The lowest BCUT2D eigenvalue weighted by atomic mass is 9.45. The van der Waals surface area contributed by atoms with E-state index < -0.39 is 71.7 Å². The molecule has 0 amide bonds. The van der Waals surface area contributed by atoms with Crippen molar-refractivity contribution in [2.45, 2.75) is 88.3 Å². The Labute approximate surface area is 282 Å². The monoisotopic (exact) mass is 678 g/mol. The molecule has 1 fully saturated rings. The fourth-order valence-corrected chi connectivity index (χ4v) is 8.06. The molecule has 6 rings (SSSR count). The van der Waals surface area contributed by atoms with Crippen molar-refractivity contribution in [2.75, 3.05) is 7.11 Å². The molecule has 0 saturated heterocycles. The lowest BCUT2D eigenvalue weighted by molar-refractivity contribution is -0.184. The summed E-state index contributed by atoms with van der Waals surface area (Å²) in [5.74, 6) is -4.37. The van der Waals surface area contributed by atoms with E-state index in [1.807, 2.05) is 12.1 Å². The first kappa shape index (κ1) is 34.0. The maximum atomic E-state index is 13.4. The molecule has 49 heavy (non-hydrogen) atoms. The Morgan fingerprint density at radius 2 is 1.76 bits per heavy atom. The van der Waals surface area contributed by atoms with Crippen molar-refractivity contribution >= 4 is 29.8 Å². The van der Waals surface area contributed by atoms with Crippen LogP contribution in [0.1, 0.15) is 69.2 Å². The number of hydrogen-bond donors (Lipinski definition) is 2. The van der Waals surface area contributed by atoms with Crippen molar-refractivity contribution in [2.24, 2.45) is 11.8 Å². The van der Waals surface area contributed by atoms with Gasteiger partial charge in [0.05, 0.1) is 24.5 Å². The zero-order valence-electron chi connectivity index (χ0n) is 27.5. The minimum atomic E-state index is -1.80. The predicted octanol–water partition coefficient (Wildman–Crippen LogP) is 3.48. The number of ether oxygens (including phenoxy) is 6. The molecule has 13 heteroatoms. The minimum absolute atomic E-state index is 0.0528. The second kappa shape index (κ2) is 12.8. The van der Waals surface area contributed by atoms with E-state index in [1.165, 1.54) is 19.2 Å². The molecule has 1 spiro atoms. The lowest BCUT2D eigenvalue weighted by Gasteiger charge is -2.61. The summed E-state index contributed by atoms with van der Waals surface area (Å²) in [6.45, 7) is 4.32. The summed E-state index contributed by atoms with van der Waals surface area (Å²) in [4.78, 5) is 62.9. The number of carbonyl (C=O) groups excluding carboxylic acids is 4. The summed E-state index contributed by atoms with van der Waals surface area (Å²) < 4.78 is 33.2. The number of methoxy groups -OCH3 is 1. The average molecular weight is 679 g/mol. The molecule has 260 valence electrons. The second-order valence-electron chi connectivity index (χ2n) is 13.1. The first-order valence-electron chi connectivity index (χ1n) is 16.2. The standard InChI is InChI=1S/C36H38O13/c1-18-12-14-35-28-22-10-11-24(44-4)30(28)48-31(35)25(13-15-36(35,43)23(18)16-22)47-27(38)17-26(46-20(3)37)34(42)45-19(2)33(41)49-29(32(39)40)21-8-6-5-7-9-21/h5-11,13,18-19,23,26,29,31,43H,12,14-17H2,1-4H3,(H,39,40)/t18?,19-,23-,26-,29-,31-,35-,36+/m0/s1. The molecular formula is C36H38O13. The molecule has 1 unspecified atom stereocenters. The van der Waals surface area contributed by atoms with Crippen LogP contribution in [-0.2, 0) is 54.8 Å². The van der Waals surface area contributed by atoms with Gasteiger partial charge in [-0.15, -0.1) is 0 Å². The van der Waals surface area contributed by atoms with E-state index in [2.05, 4.69) is 6.92 Å². The summed E-state index contributed by atoms with van der Waals surface area (Å²) in [5, 5.41) is 22.0. The van der Waals surface area contributed by atoms with Crippen LogP contribution in [0.25, 0.3) is 0 Å². The van der Waals surface area contributed by atoms with Gasteiger partial charge in [0.2, 0.25) is 12.2 Å². The highest BCUT2D eigenvalue weighted by Crippen LogP contribution is 2.68. The predicted molar refractivity (Wildman–Crippen MR) is 167 cm³/mol. The molecule has 2 bridgehead atoms. The van der Waals surface area contributed by atoms with E-state index in [0.29, 0.717) is 24.3 Å². The fraction of sp³-hybridized carbons (Fsp3) is 0.472. The van der Waals surface area contributed by atoms with Crippen LogP contribution >= 0.6 is 0 Å². The minimum Gasteiger partial charge on any atom is -0.493 e. The Morgan fingerprint density at radius 3 is 2.43 bits per heavy atom. The van der Waals surface area contributed by atoms with Gasteiger partial charge in [0.1, 0.15) is 5.76 Å². The number of hydrogen-bond acceptors (Lipinski definition) is 12. The summed E-state index contributed by atoms with van der Waals surface area (Å²) in [6, 6.07) is 11.5. The van der Waals surface area contributed by atoms with E-state index in [9.17, 15) is 34.2 Å². The van der Waals surface area contributed by atoms with Gasteiger partial charge in [-0.05, 0) is 62.1 Å². The van der Waals surface area contributed by atoms with Gasteiger partial charge in [-0.3, -0.25) is 9.59 Å². The van der Waals surface area contributed by atoms with Gasteiger partial charge < -0.3 is 38.6 Å². The molecular weight excluding hydrogens is 640 g/mol. The number of carbonyl (C=O) groups is 5. The van der Waals surface area contributed by atoms with Crippen LogP contribution < -0.4 is 9.47 Å². The van der Waals surface area contributed by atoms with Gasteiger partial charge in [0, 0.05) is 18.1 Å². The first-order chi connectivity index (χ1) is 23.3. The second-order valence-corrected chi connectivity index (χ2v) is 13.1. The normalized spacial score (nSPS) is 27.5. The molecule has 1 aliphatic heterocycles. The van der Waals surface area contributed by atoms with Crippen molar-refractivity contribution in [3.05, 3.63) is 71.0 Å². The van der Waals surface area contributed by atoms with Crippen LogP contribution in [0.4, 0.5) is 0 Å². The van der Waals surface area contributed by atoms with Crippen molar-refractivity contribution in [1.82, 2.24) is 0 Å². The summed E-state index contributed by atoms with van der Waals surface area (Å²) in [6.07, 6.45) is -2.80. The Morgan fingerprint density at radius 1 is 1.02 bits per heavy atom. The average Bonchev–Trinajstić information content (AvgIpc) is 3.42. The van der Waals surface area contributed by atoms with E-state index in [1.54, 1.807) is 24.3 Å². The van der Waals surface area contributed by atoms with Crippen LogP contribution in [0.3, 0.4) is 0 Å². The molecule has 1 heterocycles. The molecule has 8 atom stereocenters. The molecule has 4 aliphatic rings. The lowest BCUT2D eigenvalue weighted by Crippen LogP contribution is -2.69. The Bertz CT molecular complexity index is 1720. The molecule has 2 N–H and O–H groups in total. The Balaban J connectivity index is 1.18. The first-order valence-corrected chi connectivity index (χ1v) is 16.2. The maximum Gasteiger partial charge on any atom is 0.349 e. The Kier molecular flexibility index (Phi) is 8.91. The van der Waals surface area contributed by atoms with E-state index >= 15 is 0 Å². The smallest absolute Gasteiger partial charge is 0.349 e. The van der Waals surface area contributed by atoms with Gasteiger partial charge in [-0.2, -0.15) is 0 Å². The van der Waals surface area contributed by atoms with Crippen LogP contribution in [0.15, 0.2) is 54.3 Å². The number of rotatable bonds is 11. The molecule has 3 aliphatic carbocycles. The van der Waals surface area contributed by atoms with Gasteiger partial charge >= 0.3 is 29.8 Å². The van der Waals surface area contributed by atoms with Gasteiger partial charge in [-0.25, -0.2) is 14.4 Å². The van der Waals surface area contributed by atoms with E-state index in [-0.39, 0.29) is 29.6 Å². The number of carboxylic acids is 1. The van der Waals surface area contributed by atoms with Gasteiger partial charge in [0.15, 0.2) is 23.7 Å². The summed E-state index contributed by atoms with van der Waals surface area (Å²) in [5.41, 5.74) is 0.0431. The largest absolute Gasteiger partial charge is 0.493 e.